The van der Waals surface area contributed by atoms with Gasteiger partial charge in [-0.25, -0.2) is 14.4 Å². The number of rotatable bonds is 17. The van der Waals surface area contributed by atoms with E-state index in [1.165, 1.54) is 38.5 Å². The van der Waals surface area contributed by atoms with Crippen LogP contribution in [0, 0.1) is 0 Å². The Morgan fingerprint density at radius 1 is 0.639 bits per heavy atom. The van der Waals surface area contributed by atoms with Crippen LogP contribution in [0.2, 0.25) is 0 Å². The van der Waals surface area contributed by atoms with Crippen LogP contribution in [0.25, 0.3) is 22.5 Å². The Morgan fingerprint density at radius 3 is 1.86 bits per heavy atom. The molecule has 0 radical (unpaired) electrons. The van der Waals surface area contributed by atoms with Crippen LogP contribution < -0.4 is 9.47 Å². The molecule has 0 aliphatic rings. The second-order valence-corrected chi connectivity index (χ2v) is 9.36. The lowest BCUT2D eigenvalue weighted by Crippen LogP contribution is -2.12. The Balaban J connectivity index is 1.44. The molecule has 4 nitrogen and oxygen atoms in total. The second-order valence-electron chi connectivity index (χ2n) is 9.36. The average molecular weight is 493 g/mol. The van der Waals surface area contributed by atoms with Crippen LogP contribution in [0.3, 0.4) is 0 Å². The smallest absolute Gasteiger partial charge is 0.159 e. The Kier molecular flexibility index (Phi) is 12.2. The third-order valence-electron chi connectivity index (χ3n) is 6.27. The molecule has 0 saturated carbocycles. The number of benzene rings is 2. The largest absolute Gasteiger partial charge is 0.494 e. The van der Waals surface area contributed by atoms with Gasteiger partial charge in [0.2, 0.25) is 0 Å². The van der Waals surface area contributed by atoms with E-state index in [2.05, 4.69) is 23.8 Å². The fourth-order valence-corrected chi connectivity index (χ4v) is 4.03. The van der Waals surface area contributed by atoms with E-state index in [0.717, 1.165) is 48.3 Å². The molecule has 1 aromatic heterocycles. The molecule has 0 fully saturated rings. The number of hydrogen-bond acceptors (Lipinski definition) is 4. The van der Waals surface area contributed by atoms with Crippen LogP contribution in [0.1, 0.15) is 78.1 Å². The van der Waals surface area contributed by atoms with E-state index >= 15 is 0 Å². The maximum Gasteiger partial charge on any atom is 0.159 e. The van der Waals surface area contributed by atoms with Crippen molar-refractivity contribution in [2.24, 2.45) is 0 Å². The maximum absolute atomic E-state index is 14.1. The van der Waals surface area contributed by atoms with Crippen LogP contribution in [-0.4, -0.2) is 29.4 Å². The Morgan fingerprint density at radius 2 is 1.19 bits per heavy atom. The summed E-state index contributed by atoms with van der Waals surface area (Å²) in [6, 6.07) is 15.6. The second kappa shape index (κ2) is 15.9. The van der Waals surface area contributed by atoms with Crippen molar-refractivity contribution in [1.29, 1.82) is 0 Å². The van der Waals surface area contributed by atoms with Gasteiger partial charge in [-0.2, -0.15) is 0 Å². The minimum atomic E-state index is -0.923. The van der Waals surface area contributed by atoms with Crippen molar-refractivity contribution in [2.45, 2.75) is 84.2 Å². The Hall–Kier alpha value is -2.95. The summed E-state index contributed by atoms with van der Waals surface area (Å²) in [5, 5.41) is 0. The summed E-state index contributed by atoms with van der Waals surface area (Å²) in [6.45, 7) is 5.24. The van der Waals surface area contributed by atoms with Gasteiger partial charge in [0.05, 0.1) is 6.61 Å². The Bertz CT molecular complexity index is 975. The molecule has 0 N–H and O–H groups in total. The van der Waals surface area contributed by atoms with E-state index in [-0.39, 0.29) is 6.61 Å². The molecule has 1 atom stereocenters. The minimum Gasteiger partial charge on any atom is -0.494 e. The van der Waals surface area contributed by atoms with E-state index in [1.54, 1.807) is 0 Å². The summed E-state index contributed by atoms with van der Waals surface area (Å²) in [7, 11) is 0. The van der Waals surface area contributed by atoms with Gasteiger partial charge in [0.25, 0.3) is 0 Å². The Labute approximate surface area is 216 Å². The molecule has 5 heteroatoms. The third-order valence-corrected chi connectivity index (χ3v) is 6.27. The molecule has 0 amide bonds. The van der Waals surface area contributed by atoms with Crippen LogP contribution in [0.15, 0.2) is 60.9 Å². The van der Waals surface area contributed by atoms with Gasteiger partial charge < -0.3 is 9.47 Å². The van der Waals surface area contributed by atoms with Gasteiger partial charge in [0.1, 0.15) is 24.3 Å². The highest BCUT2D eigenvalue weighted by molar-refractivity contribution is 5.64. The molecule has 0 spiro atoms. The molecule has 194 valence electrons. The highest BCUT2D eigenvalue weighted by Gasteiger charge is 2.09. The fourth-order valence-electron chi connectivity index (χ4n) is 4.03. The molecule has 2 aromatic carbocycles. The van der Waals surface area contributed by atoms with Gasteiger partial charge in [-0.05, 0) is 54.8 Å². The minimum absolute atomic E-state index is 0.0993. The topological polar surface area (TPSA) is 44.2 Å². The summed E-state index contributed by atoms with van der Waals surface area (Å²) in [6.07, 6.45) is 13.8. The van der Waals surface area contributed by atoms with Crippen molar-refractivity contribution >= 4 is 0 Å². The molecule has 1 unspecified atom stereocenters. The summed E-state index contributed by atoms with van der Waals surface area (Å²) < 4.78 is 25.6. The van der Waals surface area contributed by atoms with Crippen LogP contribution in [-0.2, 0) is 0 Å². The molecule has 1 heterocycles. The van der Waals surface area contributed by atoms with E-state index in [0.29, 0.717) is 18.0 Å². The molecular formula is C31H41FN2O2. The number of nitrogens with zero attached hydrogens (tertiary/aromatic N) is 2. The highest BCUT2D eigenvalue weighted by Crippen LogP contribution is 2.24. The van der Waals surface area contributed by atoms with Gasteiger partial charge >= 0.3 is 0 Å². The van der Waals surface area contributed by atoms with Crippen LogP contribution in [0.4, 0.5) is 4.39 Å². The number of aromatic nitrogens is 2. The summed E-state index contributed by atoms with van der Waals surface area (Å²) >= 11 is 0. The van der Waals surface area contributed by atoms with E-state index in [1.807, 2.05) is 60.9 Å². The SMILES string of the molecule is CCCCCCCCC(F)COc1ccc(-c2ncc(-c3ccc(OCCCCC)cc3)cn2)cc1. The molecular weight excluding hydrogens is 451 g/mol. The van der Waals surface area contributed by atoms with Gasteiger partial charge in [-0.15, -0.1) is 0 Å². The number of alkyl halides is 1. The number of ether oxygens (including phenoxy) is 2. The quantitative estimate of drug-likeness (QED) is 0.177. The highest BCUT2D eigenvalue weighted by atomic mass is 19.1. The first-order valence-corrected chi connectivity index (χ1v) is 13.6. The predicted molar refractivity (Wildman–Crippen MR) is 146 cm³/mol. The molecule has 3 rings (SSSR count). The fraction of sp³-hybridized carbons (Fsp3) is 0.484. The first-order chi connectivity index (χ1) is 17.7. The molecule has 0 aliphatic heterocycles. The monoisotopic (exact) mass is 492 g/mol. The third kappa shape index (κ3) is 9.60. The van der Waals surface area contributed by atoms with E-state index in [4.69, 9.17) is 9.47 Å². The summed E-state index contributed by atoms with van der Waals surface area (Å²) in [5.74, 6) is 2.20. The van der Waals surface area contributed by atoms with Crippen molar-refractivity contribution in [2.75, 3.05) is 13.2 Å². The van der Waals surface area contributed by atoms with Crippen LogP contribution in [0.5, 0.6) is 11.5 Å². The zero-order valence-corrected chi connectivity index (χ0v) is 21.9. The molecule has 0 saturated heterocycles. The van der Waals surface area contributed by atoms with Gasteiger partial charge in [-0.1, -0.05) is 77.3 Å². The van der Waals surface area contributed by atoms with Crippen molar-refractivity contribution < 1.29 is 13.9 Å². The number of unbranched alkanes of at least 4 members (excludes halogenated alkanes) is 7. The summed E-state index contributed by atoms with van der Waals surface area (Å²) in [4.78, 5) is 9.08. The van der Waals surface area contributed by atoms with Crippen molar-refractivity contribution in [3.63, 3.8) is 0 Å². The summed E-state index contributed by atoms with van der Waals surface area (Å²) in [5.41, 5.74) is 2.90. The van der Waals surface area contributed by atoms with Gasteiger partial charge in [0, 0.05) is 23.5 Å². The number of halogens is 1. The standard InChI is InChI=1S/C31H41FN2O2/c1-3-5-7-8-9-10-12-28(32)24-36-30-19-15-26(16-20-30)31-33-22-27(23-34-31)25-13-17-29(18-14-25)35-21-11-6-4-2/h13-20,22-23,28H,3-12,21,24H2,1-2H3. The van der Waals surface area contributed by atoms with Crippen molar-refractivity contribution in [1.82, 2.24) is 9.97 Å². The van der Waals surface area contributed by atoms with E-state index < -0.39 is 6.17 Å². The number of hydrogen-bond donors (Lipinski definition) is 0. The van der Waals surface area contributed by atoms with Crippen molar-refractivity contribution in [3.05, 3.63) is 60.9 Å². The normalized spacial score (nSPS) is 11.9. The molecule has 0 bridgehead atoms. The lowest BCUT2D eigenvalue weighted by atomic mass is 10.1. The van der Waals surface area contributed by atoms with Crippen molar-refractivity contribution in [3.8, 4) is 34.0 Å². The predicted octanol–water partition coefficient (Wildman–Crippen LogP) is 8.85. The zero-order valence-electron chi connectivity index (χ0n) is 21.9. The first kappa shape index (κ1) is 27.6. The van der Waals surface area contributed by atoms with Gasteiger partial charge in [0.15, 0.2) is 5.82 Å². The van der Waals surface area contributed by atoms with Gasteiger partial charge in [-0.3, -0.25) is 0 Å². The van der Waals surface area contributed by atoms with E-state index in [9.17, 15) is 4.39 Å². The lowest BCUT2D eigenvalue weighted by Gasteiger charge is -2.11. The molecule has 0 aliphatic carbocycles. The average Bonchev–Trinajstić information content (AvgIpc) is 2.93. The molecule has 36 heavy (non-hydrogen) atoms. The zero-order chi connectivity index (χ0) is 25.4. The maximum atomic E-state index is 14.1. The lowest BCUT2D eigenvalue weighted by molar-refractivity contribution is 0.184. The first-order valence-electron chi connectivity index (χ1n) is 13.6. The van der Waals surface area contributed by atoms with Crippen LogP contribution >= 0.6 is 0 Å². The molecule has 3 aromatic rings.